The molecule has 1 saturated heterocycles. The fraction of sp³-hybridized carbons (Fsp3) is 0.600. The van der Waals surface area contributed by atoms with Crippen LogP contribution in [0.3, 0.4) is 0 Å². The molecule has 24 heavy (non-hydrogen) atoms. The van der Waals surface area contributed by atoms with Gasteiger partial charge < -0.3 is 10.2 Å². The zero-order valence-electron chi connectivity index (χ0n) is 13.3. The van der Waals surface area contributed by atoms with Crippen molar-refractivity contribution in [1.82, 2.24) is 25.3 Å². The highest BCUT2D eigenvalue weighted by molar-refractivity contribution is 5.82. The van der Waals surface area contributed by atoms with Gasteiger partial charge in [0.25, 0.3) is 0 Å². The minimum Gasteiger partial charge on any atom is -0.357 e. The van der Waals surface area contributed by atoms with E-state index in [9.17, 15) is 13.2 Å². The van der Waals surface area contributed by atoms with E-state index in [0.717, 1.165) is 38.7 Å². The fourth-order valence-electron chi connectivity index (χ4n) is 2.97. The van der Waals surface area contributed by atoms with Crippen LogP contribution in [0.15, 0.2) is 12.5 Å². The standard InChI is InChI=1S/C15H19F3N6/c1-24(8-10-2-4-19-5-3-10)14-12-13(21-9-22-14)20-7-11(23-12)6-15(16,17)18/h7,9-10,19H,2-6,8H2,1H3. The minimum atomic E-state index is -4.32. The molecule has 6 nitrogen and oxygen atoms in total. The Balaban J connectivity index is 1.87. The summed E-state index contributed by atoms with van der Waals surface area (Å²) in [5.74, 6) is 1.04. The molecular formula is C15H19F3N6. The molecule has 0 aromatic carbocycles. The lowest BCUT2D eigenvalue weighted by atomic mass is 9.98. The first-order valence-electron chi connectivity index (χ1n) is 7.87. The van der Waals surface area contributed by atoms with E-state index < -0.39 is 12.6 Å². The Morgan fingerprint density at radius 3 is 2.67 bits per heavy atom. The predicted molar refractivity (Wildman–Crippen MR) is 83.8 cm³/mol. The number of nitrogens with one attached hydrogen (secondary N) is 1. The van der Waals surface area contributed by atoms with Crippen molar-refractivity contribution in [3.8, 4) is 0 Å². The van der Waals surface area contributed by atoms with Gasteiger partial charge in [-0.15, -0.1) is 0 Å². The number of piperidine rings is 1. The second-order valence-electron chi connectivity index (χ2n) is 6.10. The van der Waals surface area contributed by atoms with Crippen molar-refractivity contribution in [2.75, 3.05) is 31.6 Å². The third-order valence-electron chi connectivity index (χ3n) is 4.11. The SMILES string of the molecule is CN(CC1CCNCC1)c1ncnc2ncc(CC(F)(F)F)nc12. The van der Waals surface area contributed by atoms with Crippen LogP contribution in [0.25, 0.3) is 11.2 Å². The van der Waals surface area contributed by atoms with Gasteiger partial charge in [0, 0.05) is 13.6 Å². The lowest BCUT2D eigenvalue weighted by molar-refractivity contribution is -0.127. The van der Waals surface area contributed by atoms with Crippen molar-refractivity contribution in [1.29, 1.82) is 0 Å². The smallest absolute Gasteiger partial charge is 0.357 e. The predicted octanol–water partition coefficient (Wildman–Crippen LogP) is 1.96. The van der Waals surface area contributed by atoms with E-state index in [2.05, 4.69) is 25.3 Å². The Labute approximate surface area is 137 Å². The van der Waals surface area contributed by atoms with Crippen LogP contribution < -0.4 is 10.2 Å². The van der Waals surface area contributed by atoms with Gasteiger partial charge in [0.05, 0.1) is 18.3 Å². The monoisotopic (exact) mass is 340 g/mol. The second-order valence-corrected chi connectivity index (χ2v) is 6.10. The summed E-state index contributed by atoms with van der Waals surface area (Å²) in [6.07, 6.45) is -0.799. The van der Waals surface area contributed by atoms with E-state index >= 15 is 0 Å². The Morgan fingerprint density at radius 2 is 1.96 bits per heavy atom. The maximum Gasteiger partial charge on any atom is 0.394 e. The van der Waals surface area contributed by atoms with Crippen LogP contribution in [0, 0.1) is 5.92 Å². The first-order valence-corrected chi connectivity index (χ1v) is 7.87. The van der Waals surface area contributed by atoms with Gasteiger partial charge in [-0.3, -0.25) is 0 Å². The summed E-state index contributed by atoms with van der Waals surface area (Å²) in [5, 5.41) is 3.31. The van der Waals surface area contributed by atoms with Gasteiger partial charge in [0.2, 0.25) is 0 Å². The number of hydrogen-bond donors (Lipinski definition) is 1. The molecule has 0 aliphatic carbocycles. The summed E-state index contributed by atoms with van der Waals surface area (Å²) < 4.78 is 37.8. The number of halogens is 3. The number of rotatable bonds is 4. The molecule has 1 aliphatic rings. The minimum absolute atomic E-state index is 0.124. The van der Waals surface area contributed by atoms with E-state index in [4.69, 9.17) is 0 Å². The summed E-state index contributed by atoms with van der Waals surface area (Å²) in [6.45, 7) is 2.75. The van der Waals surface area contributed by atoms with Gasteiger partial charge in [-0.2, -0.15) is 13.2 Å². The lowest BCUT2D eigenvalue weighted by Crippen LogP contribution is -2.35. The highest BCUT2D eigenvalue weighted by Crippen LogP contribution is 2.24. The maximum absolute atomic E-state index is 12.6. The molecule has 2 aromatic rings. The molecule has 0 spiro atoms. The average molecular weight is 340 g/mol. The molecule has 0 saturated carbocycles. The van der Waals surface area contributed by atoms with Crippen molar-refractivity contribution in [2.24, 2.45) is 5.92 Å². The highest BCUT2D eigenvalue weighted by atomic mass is 19.4. The molecule has 130 valence electrons. The van der Waals surface area contributed by atoms with Gasteiger partial charge in [0.15, 0.2) is 17.0 Å². The van der Waals surface area contributed by atoms with Crippen LogP contribution in [0.1, 0.15) is 18.5 Å². The maximum atomic E-state index is 12.6. The van der Waals surface area contributed by atoms with Gasteiger partial charge in [0.1, 0.15) is 6.33 Å². The summed E-state index contributed by atoms with van der Waals surface area (Å²) in [7, 11) is 1.88. The largest absolute Gasteiger partial charge is 0.394 e. The van der Waals surface area contributed by atoms with Gasteiger partial charge >= 0.3 is 6.18 Å². The van der Waals surface area contributed by atoms with Crippen molar-refractivity contribution in [2.45, 2.75) is 25.4 Å². The Bertz CT molecular complexity index is 699. The van der Waals surface area contributed by atoms with E-state index in [1.807, 2.05) is 11.9 Å². The topological polar surface area (TPSA) is 66.8 Å². The van der Waals surface area contributed by atoms with E-state index in [1.165, 1.54) is 6.33 Å². The summed E-state index contributed by atoms with van der Waals surface area (Å²) >= 11 is 0. The first-order chi connectivity index (χ1) is 11.4. The van der Waals surface area contributed by atoms with Crippen LogP contribution in [-0.4, -0.2) is 52.8 Å². The van der Waals surface area contributed by atoms with Crippen LogP contribution in [0.5, 0.6) is 0 Å². The average Bonchev–Trinajstić information content (AvgIpc) is 2.53. The molecule has 0 radical (unpaired) electrons. The molecule has 1 aliphatic heterocycles. The number of hydrogen-bond acceptors (Lipinski definition) is 6. The number of alkyl halides is 3. The second kappa shape index (κ2) is 6.84. The molecule has 2 aromatic heterocycles. The number of fused-ring (bicyclic) bond motifs is 1. The molecule has 1 fully saturated rings. The van der Waals surface area contributed by atoms with Crippen LogP contribution in [0.4, 0.5) is 19.0 Å². The Kier molecular flexibility index (Phi) is 4.79. The number of nitrogens with zero attached hydrogens (tertiary/aromatic N) is 5. The van der Waals surface area contributed by atoms with Crippen LogP contribution in [0.2, 0.25) is 0 Å². The number of aromatic nitrogens is 4. The molecule has 9 heteroatoms. The van der Waals surface area contributed by atoms with Gasteiger partial charge in [-0.05, 0) is 31.8 Å². The van der Waals surface area contributed by atoms with Gasteiger partial charge in [-0.1, -0.05) is 0 Å². The lowest BCUT2D eigenvalue weighted by Gasteiger charge is -2.28. The van der Waals surface area contributed by atoms with E-state index in [-0.39, 0.29) is 5.69 Å². The normalized spacial score (nSPS) is 16.5. The van der Waals surface area contributed by atoms with E-state index in [1.54, 1.807) is 0 Å². The third kappa shape index (κ3) is 4.08. The third-order valence-corrected chi connectivity index (χ3v) is 4.11. The summed E-state index contributed by atoms with van der Waals surface area (Å²) in [4.78, 5) is 18.3. The quantitative estimate of drug-likeness (QED) is 0.918. The van der Waals surface area contributed by atoms with Crippen molar-refractivity contribution >= 4 is 17.0 Å². The molecule has 0 unspecified atom stereocenters. The van der Waals surface area contributed by atoms with Crippen molar-refractivity contribution in [3.63, 3.8) is 0 Å². The molecule has 0 atom stereocenters. The fourth-order valence-corrected chi connectivity index (χ4v) is 2.97. The van der Waals surface area contributed by atoms with Crippen molar-refractivity contribution in [3.05, 3.63) is 18.2 Å². The first kappa shape index (κ1) is 16.8. The zero-order valence-corrected chi connectivity index (χ0v) is 13.3. The molecule has 0 amide bonds. The molecular weight excluding hydrogens is 321 g/mol. The van der Waals surface area contributed by atoms with Gasteiger partial charge in [-0.25, -0.2) is 19.9 Å². The number of anilines is 1. The van der Waals surface area contributed by atoms with Crippen LogP contribution in [-0.2, 0) is 6.42 Å². The molecule has 3 rings (SSSR count). The Hall–Kier alpha value is -2.03. The zero-order chi connectivity index (χ0) is 17.2. The molecule has 1 N–H and O–H groups in total. The Morgan fingerprint density at radius 1 is 1.21 bits per heavy atom. The molecule has 3 heterocycles. The highest BCUT2D eigenvalue weighted by Gasteiger charge is 2.29. The van der Waals surface area contributed by atoms with Crippen molar-refractivity contribution < 1.29 is 13.2 Å². The van der Waals surface area contributed by atoms with E-state index in [0.29, 0.717) is 22.9 Å². The van der Waals surface area contributed by atoms with Crippen LogP contribution >= 0.6 is 0 Å². The summed E-state index contributed by atoms with van der Waals surface area (Å²) in [6, 6.07) is 0. The summed E-state index contributed by atoms with van der Waals surface area (Å²) in [5.41, 5.74) is 0.500. The molecule has 0 bridgehead atoms.